The van der Waals surface area contributed by atoms with Gasteiger partial charge in [0.2, 0.25) is 0 Å². The Balaban J connectivity index is 2.11. The summed E-state index contributed by atoms with van der Waals surface area (Å²) in [6.45, 7) is 2.22. The van der Waals surface area contributed by atoms with Gasteiger partial charge in [0, 0.05) is 35.8 Å². The van der Waals surface area contributed by atoms with Crippen molar-refractivity contribution in [3.8, 4) is 0 Å². The van der Waals surface area contributed by atoms with Crippen LogP contribution in [-0.4, -0.2) is 9.85 Å². The first-order valence-electron chi connectivity index (χ1n) is 5.68. The van der Waals surface area contributed by atoms with Crippen LogP contribution in [0.4, 0.5) is 16.4 Å². The highest BCUT2D eigenvalue weighted by Crippen LogP contribution is 2.25. The first-order chi connectivity index (χ1) is 9.47. The molecule has 0 saturated heterocycles. The van der Waals surface area contributed by atoms with E-state index in [2.05, 4.69) is 5.32 Å². The molecule has 7 nitrogen and oxygen atoms in total. The molecule has 1 heterocycles. The van der Waals surface area contributed by atoms with Crippen molar-refractivity contribution in [2.45, 2.75) is 13.5 Å². The lowest BCUT2D eigenvalue weighted by molar-refractivity contribution is -0.384. The Morgan fingerprint density at radius 1 is 1.20 bits per heavy atom. The molecule has 104 valence electrons. The fraction of sp³-hybridized carbons (Fsp3) is 0.167. The van der Waals surface area contributed by atoms with Gasteiger partial charge in [0.05, 0.1) is 9.85 Å². The number of nitrogens with zero attached hydrogens (tertiary/aromatic N) is 2. The maximum atomic E-state index is 10.7. The number of rotatable bonds is 5. The first-order valence-corrected chi connectivity index (χ1v) is 6.56. The summed E-state index contributed by atoms with van der Waals surface area (Å²) in [5.41, 5.74) is 2.30. The van der Waals surface area contributed by atoms with Crippen molar-refractivity contribution < 1.29 is 9.85 Å². The van der Waals surface area contributed by atoms with Gasteiger partial charge in [0.1, 0.15) is 0 Å². The highest BCUT2D eigenvalue weighted by molar-refractivity contribution is 7.13. The fourth-order valence-electron chi connectivity index (χ4n) is 1.66. The summed E-state index contributed by atoms with van der Waals surface area (Å²) in [5.74, 6) is 0. The van der Waals surface area contributed by atoms with Gasteiger partial charge in [-0.15, -0.1) is 0 Å². The van der Waals surface area contributed by atoms with Gasteiger partial charge in [-0.3, -0.25) is 20.2 Å². The van der Waals surface area contributed by atoms with Crippen molar-refractivity contribution >= 4 is 27.7 Å². The van der Waals surface area contributed by atoms with Gasteiger partial charge < -0.3 is 5.32 Å². The first kappa shape index (κ1) is 13.9. The number of non-ortho nitro benzene ring substituents is 1. The lowest BCUT2D eigenvalue weighted by Gasteiger charge is -2.08. The van der Waals surface area contributed by atoms with Gasteiger partial charge >= 0.3 is 5.00 Å². The normalized spacial score (nSPS) is 10.2. The maximum absolute atomic E-state index is 10.7. The Hall–Kier alpha value is -2.48. The molecule has 0 unspecified atom stereocenters. The minimum Gasteiger partial charge on any atom is -0.381 e. The number of thiophene rings is 1. The molecule has 8 heteroatoms. The second kappa shape index (κ2) is 5.66. The standard InChI is InChI=1S/C12H11N3O4S/c1-8-2-3-10(14(16)17)5-11(8)13-6-9-4-12(15(18)19)20-7-9/h2-5,7,13H,6H2,1H3. The van der Waals surface area contributed by atoms with E-state index in [-0.39, 0.29) is 10.7 Å². The van der Waals surface area contributed by atoms with Crippen molar-refractivity contribution in [3.63, 3.8) is 0 Å². The van der Waals surface area contributed by atoms with Crippen molar-refractivity contribution in [1.29, 1.82) is 0 Å². The molecular weight excluding hydrogens is 282 g/mol. The Morgan fingerprint density at radius 2 is 1.95 bits per heavy atom. The van der Waals surface area contributed by atoms with Crippen LogP contribution in [0.3, 0.4) is 0 Å². The van der Waals surface area contributed by atoms with E-state index >= 15 is 0 Å². The van der Waals surface area contributed by atoms with E-state index < -0.39 is 9.85 Å². The van der Waals surface area contributed by atoms with Crippen LogP contribution < -0.4 is 5.32 Å². The molecule has 0 saturated carbocycles. The number of nitro benzene ring substituents is 1. The van der Waals surface area contributed by atoms with E-state index in [9.17, 15) is 20.2 Å². The summed E-state index contributed by atoms with van der Waals surface area (Å²) < 4.78 is 0. The molecule has 0 aliphatic heterocycles. The van der Waals surface area contributed by atoms with Gasteiger partial charge in [-0.05, 0) is 18.1 Å². The third-order valence-electron chi connectivity index (χ3n) is 2.73. The van der Waals surface area contributed by atoms with E-state index in [0.29, 0.717) is 12.2 Å². The predicted molar refractivity (Wildman–Crippen MR) is 76.1 cm³/mol. The quantitative estimate of drug-likeness (QED) is 0.672. The molecule has 0 spiro atoms. The summed E-state index contributed by atoms with van der Waals surface area (Å²) >= 11 is 1.06. The molecule has 0 aliphatic carbocycles. The molecule has 1 aromatic carbocycles. The van der Waals surface area contributed by atoms with Crippen LogP contribution in [-0.2, 0) is 6.54 Å². The molecule has 2 aromatic rings. The molecule has 1 aromatic heterocycles. The second-order valence-corrected chi connectivity index (χ2v) is 5.05. The van der Waals surface area contributed by atoms with Crippen LogP contribution in [0.1, 0.15) is 11.1 Å². The van der Waals surface area contributed by atoms with E-state index in [1.807, 2.05) is 6.92 Å². The van der Waals surface area contributed by atoms with Crippen molar-refractivity contribution in [3.05, 3.63) is 61.0 Å². The van der Waals surface area contributed by atoms with Crippen LogP contribution in [0, 0.1) is 27.2 Å². The number of hydrogen-bond acceptors (Lipinski definition) is 6. The van der Waals surface area contributed by atoms with Gasteiger partial charge in [-0.1, -0.05) is 17.4 Å². The van der Waals surface area contributed by atoms with Gasteiger partial charge in [0.15, 0.2) is 0 Å². The van der Waals surface area contributed by atoms with Crippen LogP contribution >= 0.6 is 11.3 Å². The zero-order valence-electron chi connectivity index (χ0n) is 10.5. The topological polar surface area (TPSA) is 98.3 Å². The lowest BCUT2D eigenvalue weighted by Crippen LogP contribution is -2.01. The Labute approximate surface area is 118 Å². The largest absolute Gasteiger partial charge is 0.381 e. The minimum atomic E-state index is -0.458. The molecule has 0 amide bonds. The predicted octanol–water partition coefficient (Wildman–Crippen LogP) is 3.49. The number of nitro groups is 2. The molecule has 1 N–H and O–H groups in total. The summed E-state index contributed by atoms with van der Waals surface area (Å²) in [7, 11) is 0. The van der Waals surface area contributed by atoms with Crippen molar-refractivity contribution in [2.24, 2.45) is 0 Å². The van der Waals surface area contributed by atoms with Gasteiger partial charge in [-0.25, -0.2) is 0 Å². The van der Waals surface area contributed by atoms with Crippen LogP contribution in [0.5, 0.6) is 0 Å². The van der Waals surface area contributed by atoms with E-state index in [4.69, 9.17) is 0 Å². The van der Waals surface area contributed by atoms with Crippen LogP contribution in [0.2, 0.25) is 0 Å². The third-order valence-corrected chi connectivity index (χ3v) is 3.66. The average molecular weight is 293 g/mol. The summed E-state index contributed by atoms with van der Waals surface area (Å²) in [4.78, 5) is 20.4. The van der Waals surface area contributed by atoms with E-state index in [1.165, 1.54) is 18.2 Å². The third kappa shape index (κ3) is 3.09. The van der Waals surface area contributed by atoms with Gasteiger partial charge in [-0.2, -0.15) is 0 Å². The second-order valence-electron chi connectivity index (χ2n) is 4.16. The van der Waals surface area contributed by atoms with Crippen LogP contribution in [0.25, 0.3) is 0 Å². The highest BCUT2D eigenvalue weighted by Gasteiger charge is 2.11. The lowest BCUT2D eigenvalue weighted by atomic mass is 10.1. The number of hydrogen-bond donors (Lipinski definition) is 1. The summed E-state index contributed by atoms with van der Waals surface area (Å²) in [6.07, 6.45) is 0. The Morgan fingerprint density at radius 3 is 2.55 bits per heavy atom. The zero-order valence-corrected chi connectivity index (χ0v) is 11.3. The van der Waals surface area contributed by atoms with Crippen molar-refractivity contribution in [2.75, 3.05) is 5.32 Å². The SMILES string of the molecule is Cc1ccc([N+](=O)[O-])cc1NCc1csc([N+](=O)[O-])c1. The molecule has 0 aliphatic rings. The van der Waals surface area contributed by atoms with Gasteiger partial charge in [0.25, 0.3) is 5.69 Å². The van der Waals surface area contributed by atoms with E-state index in [0.717, 1.165) is 22.5 Å². The number of aryl methyl sites for hydroxylation is 1. The number of nitrogens with one attached hydrogen (secondary N) is 1. The Bertz CT molecular complexity index is 668. The molecule has 0 radical (unpaired) electrons. The summed E-state index contributed by atoms with van der Waals surface area (Å²) in [5, 5.41) is 26.1. The molecule has 20 heavy (non-hydrogen) atoms. The monoisotopic (exact) mass is 293 g/mol. The van der Waals surface area contributed by atoms with Crippen LogP contribution in [0.15, 0.2) is 29.6 Å². The Kier molecular flexibility index (Phi) is 3.94. The molecule has 0 atom stereocenters. The van der Waals surface area contributed by atoms with E-state index in [1.54, 1.807) is 11.4 Å². The average Bonchev–Trinajstić information content (AvgIpc) is 2.86. The fourth-order valence-corrected chi connectivity index (χ4v) is 2.39. The maximum Gasteiger partial charge on any atom is 0.324 e. The minimum absolute atomic E-state index is 0.00870. The smallest absolute Gasteiger partial charge is 0.324 e. The zero-order chi connectivity index (χ0) is 14.7. The molecule has 0 fully saturated rings. The summed E-state index contributed by atoms with van der Waals surface area (Å²) in [6, 6.07) is 6.05. The molecule has 0 bridgehead atoms. The van der Waals surface area contributed by atoms with Crippen molar-refractivity contribution in [1.82, 2.24) is 0 Å². The highest BCUT2D eigenvalue weighted by atomic mass is 32.1. The number of benzene rings is 1. The number of anilines is 1. The molecule has 2 rings (SSSR count). The molecular formula is C12H11N3O4S.